The number of alkyl halides is 3. The molecule has 1 heterocycles. The van der Waals surface area contributed by atoms with Crippen LogP contribution >= 0.6 is 0 Å². The summed E-state index contributed by atoms with van der Waals surface area (Å²) in [6.07, 6.45) is 1.75. The molecule has 1 aromatic heterocycles. The third kappa shape index (κ3) is 3.96. The van der Waals surface area contributed by atoms with E-state index < -0.39 is 18.8 Å². The van der Waals surface area contributed by atoms with Crippen LogP contribution in [0.1, 0.15) is 31.5 Å². The molecule has 7 heteroatoms. The molecule has 1 saturated carbocycles. The highest BCUT2D eigenvalue weighted by molar-refractivity contribution is 4.94. The molecule has 0 aliphatic heterocycles. The van der Waals surface area contributed by atoms with Crippen LogP contribution in [0.25, 0.3) is 0 Å². The Balaban J connectivity index is 2.00. The Morgan fingerprint density at radius 1 is 1.40 bits per heavy atom. The number of hydrogen-bond acceptors (Lipinski definition) is 3. The van der Waals surface area contributed by atoms with Gasteiger partial charge in [-0.3, -0.25) is 4.90 Å². The standard InChI is InChI=1S/C13H20F3N3O/c1-18(10-4-2-3-5-11(10)20)8-12-17-6-7-19(12)9-13(14,15)16/h6-7,10-11,20H,2-5,8-9H2,1H3/t10-,11-/m1/s1. The van der Waals surface area contributed by atoms with Crippen molar-refractivity contribution in [3.63, 3.8) is 0 Å². The summed E-state index contributed by atoms with van der Waals surface area (Å²) in [5.74, 6) is 0.377. The van der Waals surface area contributed by atoms with Crippen molar-refractivity contribution in [2.24, 2.45) is 0 Å². The Labute approximate surface area is 116 Å². The molecule has 1 aliphatic carbocycles. The first kappa shape index (κ1) is 15.3. The SMILES string of the molecule is CN(Cc1nccn1CC(F)(F)F)[C@@H]1CCCC[C@H]1O. The summed E-state index contributed by atoms with van der Waals surface area (Å²) in [6, 6.07) is -0.000197. The molecule has 0 bridgehead atoms. The van der Waals surface area contributed by atoms with Crippen molar-refractivity contribution >= 4 is 0 Å². The lowest BCUT2D eigenvalue weighted by Crippen LogP contribution is -2.43. The van der Waals surface area contributed by atoms with Crippen molar-refractivity contribution < 1.29 is 18.3 Å². The molecule has 0 amide bonds. The highest BCUT2D eigenvalue weighted by Crippen LogP contribution is 2.24. The van der Waals surface area contributed by atoms with Gasteiger partial charge >= 0.3 is 6.18 Å². The quantitative estimate of drug-likeness (QED) is 0.924. The molecule has 114 valence electrons. The van der Waals surface area contributed by atoms with Crippen LogP contribution < -0.4 is 0 Å². The molecule has 0 unspecified atom stereocenters. The van der Waals surface area contributed by atoms with E-state index in [1.807, 2.05) is 11.9 Å². The van der Waals surface area contributed by atoms with Crippen LogP contribution in [0.4, 0.5) is 13.2 Å². The maximum absolute atomic E-state index is 12.5. The van der Waals surface area contributed by atoms with Gasteiger partial charge in [-0.2, -0.15) is 13.2 Å². The first-order chi connectivity index (χ1) is 9.37. The predicted molar refractivity (Wildman–Crippen MR) is 68.0 cm³/mol. The first-order valence-corrected chi connectivity index (χ1v) is 6.82. The number of imidazole rings is 1. The molecular formula is C13H20F3N3O. The largest absolute Gasteiger partial charge is 0.406 e. The number of likely N-dealkylation sites (N-methyl/N-ethyl adjacent to an activating group) is 1. The van der Waals surface area contributed by atoms with Gasteiger partial charge < -0.3 is 9.67 Å². The van der Waals surface area contributed by atoms with E-state index in [0.717, 1.165) is 30.3 Å². The fourth-order valence-electron chi connectivity index (χ4n) is 2.77. The number of nitrogens with zero attached hydrogens (tertiary/aromatic N) is 3. The highest BCUT2D eigenvalue weighted by Gasteiger charge is 2.30. The zero-order valence-corrected chi connectivity index (χ0v) is 11.5. The van der Waals surface area contributed by atoms with E-state index in [2.05, 4.69) is 4.98 Å². The van der Waals surface area contributed by atoms with Crippen LogP contribution in [-0.2, 0) is 13.1 Å². The number of aromatic nitrogens is 2. The van der Waals surface area contributed by atoms with Crippen LogP contribution in [0, 0.1) is 0 Å². The van der Waals surface area contributed by atoms with Crippen LogP contribution in [0.2, 0.25) is 0 Å². The molecule has 1 N–H and O–H groups in total. The van der Waals surface area contributed by atoms with Crippen LogP contribution in [0.3, 0.4) is 0 Å². The van der Waals surface area contributed by atoms with Crippen LogP contribution in [-0.4, -0.2) is 44.9 Å². The maximum atomic E-state index is 12.5. The summed E-state index contributed by atoms with van der Waals surface area (Å²) in [5, 5.41) is 9.97. The lowest BCUT2D eigenvalue weighted by molar-refractivity contribution is -0.141. The molecular weight excluding hydrogens is 271 g/mol. The molecule has 2 atom stereocenters. The molecule has 20 heavy (non-hydrogen) atoms. The van der Waals surface area contributed by atoms with Gasteiger partial charge in [0.25, 0.3) is 0 Å². The number of aliphatic hydroxyl groups is 1. The average molecular weight is 291 g/mol. The van der Waals surface area contributed by atoms with Gasteiger partial charge in [-0.1, -0.05) is 12.8 Å². The second kappa shape index (κ2) is 6.13. The summed E-state index contributed by atoms with van der Waals surface area (Å²) >= 11 is 0. The third-order valence-corrected chi connectivity index (χ3v) is 3.80. The van der Waals surface area contributed by atoms with Crippen molar-refractivity contribution in [2.75, 3.05) is 7.05 Å². The van der Waals surface area contributed by atoms with Gasteiger partial charge in [0.05, 0.1) is 12.6 Å². The van der Waals surface area contributed by atoms with Crippen LogP contribution in [0.5, 0.6) is 0 Å². The average Bonchev–Trinajstić information content (AvgIpc) is 2.74. The minimum atomic E-state index is -4.25. The van der Waals surface area contributed by atoms with E-state index in [4.69, 9.17) is 0 Å². The molecule has 2 rings (SSSR count). The Kier molecular flexibility index (Phi) is 4.70. The van der Waals surface area contributed by atoms with Gasteiger partial charge in [0.1, 0.15) is 12.4 Å². The normalized spacial score (nSPS) is 24.3. The van der Waals surface area contributed by atoms with Gasteiger partial charge in [0, 0.05) is 18.4 Å². The summed E-state index contributed by atoms with van der Waals surface area (Å²) in [6.45, 7) is -0.714. The number of aliphatic hydroxyl groups excluding tert-OH is 1. The summed E-state index contributed by atoms with van der Waals surface area (Å²) in [7, 11) is 1.83. The summed E-state index contributed by atoms with van der Waals surface area (Å²) in [5.41, 5.74) is 0. The number of rotatable bonds is 4. The fourth-order valence-corrected chi connectivity index (χ4v) is 2.77. The van der Waals surface area contributed by atoms with Crippen LogP contribution in [0.15, 0.2) is 12.4 Å². The lowest BCUT2D eigenvalue weighted by atomic mass is 9.91. The third-order valence-electron chi connectivity index (χ3n) is 3.80. The molecule has 1 fully saturated rings. The molecule has 0 aromatic carbocycles. The van der Waals surface area contributed by atoms with E-state index >= 15 is 0 Å². The Hall–Kier alpha value is -1.08. The second-order valence-corrected chi connectivity index (χ2v) is 5.42. The molecule has 0 radical (unpaired) electrons. The second-order valence-electron chi connectivity index (χ2n) is 5.42. The number of hydrogen-bond donors (Lipinski definition) is 1. The van der Waals surface area contributed by atoms with Gasteiger partial charge in [0.2, 0.25) is 0 Å². The Bertz CT molecular complexity index is 433. The predicted octanol–water partition coefficient (Wildman–Crippen LogP) is 2.18. The molecule has 4 nitrogen and oxygen atoms in total. The van der Waals surface area contributed by atoms with E-state index in [9.17, 15) is 18.3 Å². The highest BCUT2D eigenvalue weighted by atomic mass is 19.4. The summed E-state index contributed by atoms with van der Waals surface area (Å²) < 4.78 is 38.5. The van der Waals surface area contributed by atoms with Gasteiger partial charge in [-0.15, -0.1) is 0 Å². The van der Waals surface area contributed by atoms with Crippen molar-refractivity contribution in [1.29, 1.82) is 0 Å². The minimum Gasteiger partial charge on any atom is -0.391 e. The molecule has 1 aromatic rings. The van der Waals surface area contributed by atoms with Gasteiger partial charge in [0.15, 0.2) is 0 Å². The van der Waals surface area contributed by atoms with Crippen molar-refractivity contribution in [3.05, 3.63) is 18.2 Å². The maximum Gasteiger partial charge on any atom is 0.406 e. The van der Waals surface area contributed by atoms with Gasteiger partial charge in [-0.25, -0.2) is 4.98 Å². The molecule has 1 aliphatic rings. The molecule has 0 saturated heterocycles. The Morgan fingerprint density at radius 3 is 2.75 bits per heavy atom. The van der Waals surface area contributed by atoms with Crippen molar-refractivity contribution in [3.8, 4) is 0 Å². The zero-order chi connectivity index (χ0) is 14.8. The summed E-state index contributed by atoms with van der Waals surface area (Å²) in [4.78, 5) is 5.90. The number of halogens is 3. The van der Waals surface area contributed by atoms with Gasteiger partial charge in [-0.05, 0) is 19.9 Å². The van der Waals surface area contributed by atoms with E-state index in [-0.39, 0.29) is 6.04 Å². The monoisotopic (exact) mass is 291 g/mol. The van der Waals surface area contributed by atoms with E-state index in [1.54, 1.807) is 0 Å². The smallest absolute Gasteiger partial charge is 0.391 e. The van der Waals surface area contributed by atoms with Crippen molar-refractivity contribution in [1.82, 2.24) is 14.5 Å². The lowest BCUT2D eigenvalue weighted by Gasteiger charge is -2.35. The van der Waals surface area contributed by atoms with E-state index in [0.29, 0.717) is 12.4 Å². The topological polar surface area (TPSA) is 41.3 Å². The fraction of sp³-hybridized carbons (Fsp3) is 0.769. The molecule has 0 spiro atoms. The zero-order valence-electron chi connectivity index (χ0n) is 11.5. The van der Waals surface area contributed by atoms with E-state index in [1.165, 1.54) is 12.4 Å². The minimum absolute atomic E-state index is 0.000197. The Morgan fingerprint density at radius 2 is 2.10 bits per heavy atom. The van der Waals surface area contributed by atoms with Crippen molar-refractivity contribution in [2.45, 2.75) is 57.1 Å². The first-order valence-electron chi connectivity index (χ1n) is 6.82.